The van der Waals surface area contributed by atoms with Gasteiger partial charge in [-0.1, -0.05) is 0 Å². The van der Waals surface area contributed by atoms with Crippen LogP contribution in [0.4, 0.5) is 30.4 Å². The Labute approximate surface area is 147 Å². The molecule has 0 fully saturated rings. The number of aromatic nitrogens is 2. The summed E-state index contributed by atoms with van der Waals surface area (Å²) in [5, 5.41) is 2.60. The number of carbonyl (C=O) groups is 1. The highest BCUT2D eigenvalue weighted by atomic mass is 19.4. The number of benzene rings is 1. The standard InChI is InChI=1S/C17H15F3N4O2/c1-9-21-12-4-2-3-11(12)16(22-9)24-8-15(25)23-13-7-10(5-6-14(13)24)26-17(18,19)20/h5-7H,2-4,8H2,1H3,(H,23,25). The summed E-state index contributed by atoms with van der Waals surface area (Å²) in [4.78, 5) is 22.8. The molecular formula is C17H15F3N4O2. The highest BCUT2D eigenvalue weighted by molar-refractivity contribution is 6.03. The molecule has 2 aliphatic rings. The van der Waals surface area contributed by atoms with Crippen LogP contribution in [0, 0.1) is 6.92 Å². The van der Waals surface area contributed by atoms with Crippen molar-refractivity contribution in [3.8, 4) is 5.75 Å². The second-order valence-corrected chi connectivity index (χ2v) is 6.23. The SMILES string of the molecule is Cc1nc2c(c(N3CC(=O)Nc4cc(OC(F)(F)F)ccc43)n1)CCC2. The third kappa shape index (κ3) is 3.04. The number of halogens is 3. The summed E-state index contributed by atoms with van der Waals surface area (Å²) >= 11 is 0. The van der Waals surface area contributed by atoms with Crippen molar-refractivity contribution in [1.82, 2.24) is 9.97 Å². The number of hydrogen-bond acceptors (Lipinski definition) is 5. The Balaban J connectivity index is 1.78. The number of carbonyl (C=O) groups excluding carboxylic acids is 1. The van der Waals surface area contributed by atoms with Gasteiger partial charge >= 0.3 is 6.36 Å². The van der Waals surface area contributed by atoms with Crippen molar-refractivity contribution in [3.05, 3.63) is 35.3 Å². The first-order chi connectivity index (χ1) is 12.3. The van der Waals surface area contributed by atoms with E-state index >= 15 is 0 Å². The van der Waals surface area contributed by atoms with Crippen LogP contribution >= 0.6 is 0 Å². The number of alkyl halides is 3. The van der Waals surface area contributed by atoms with E-state index in [0.717, 1.165) is 30.5 Å². The molecule has 0 atom stereocenters. The minimum absolute atomic E-state index is 0.0371. The van der Waals surface area contributed by atoms with Gasteiger partial charge in [0.25, 0.3) is 0 Å². The van der Waals surface area contributed by atoms with E-state index in [-0.39, 0.29) is 23.9 Å². The first-order valence-corrected chi connectivity index (χ1v) is 8.14. The summed E-state index contributed by atoms with van der Waals surface area (Å²) in [5.74, 6) is 0.531. The van der Waals surface area contributed by atoms with Gasteiger partial charge in [0.05, 0.1) is 11.4 Å². The van der Waals surface area contributed by atoms with Crippen LogP contribution in [0.25, 0.3) is 0 Å². The van der Waals surface area contributed by atoms with Crippen LogP contribution in [0.15, 0.2) is 18.2 Å². The fraction of sp³-hybridized carbons (Fsp3) is 0.353. The molecule has 4 rings (SSSR count). The van der Waals surface area contributed by atoms with Crippen LogP contribution in [-0.4, -0.2) is 28.8 Å². The average molecular weight is 364 g/mol. The van der Waals surface area contributed by atoms with Crippen molar-refractivity contribution in [1.29, 1.82) is 0 Å². The highest BCUT2D eigenvalue weighted by Crippen LogP contribution is 2.40. The lowest BCUT2D eigenvalue weighted by atomic mass is 10.1. The monoisotopic (exact) mass is 364 g/mol. The average Bonchev–Trinajstić information content (AvgIpc) is 2.99. The molecule has 2 heterocycles. The van der Waals surface area contributed by atoms with E-state index in [2.05, 4.69) is 20.0 Å². The van der Waals surface area contributed by atoms with Gasteiger partial charge in [0, 0.05) is 17.3 Å². The molecule has 1 aromatic heterocycles. The van der Waals surface area contributed by atoms with E-state index in [1.165, 1.54) is 18.2 Å². The summed E-state index contributed by atoms with van der Waals surface area (Å²) in [6.07, 6.45) is -2.16. The van der Waals surface area contributed by atoms with Gasteiger partial charge in [0.1, 0.15) is 23.9 Å². The maximum Gasteiger partial charge on any atom is 0.573 e. The molecule has 0 radical (unpaired) electrons. The minimum atomic E-state index is -4.79. The summed E-state index contributed by atoms with van der Waals surface area (Å²) in [6, 6.07) is 3.89. The van der Waals surface area contributed by atoms with E-state index in [4.69, 9.17) is 0 Å². The molecular weight excluding hydrogens is 349 g/mol. The number of aryl methyl sites for hydroxylation is 2. The van der Waals surface area contributed by atoms with Crippen molar-refractivity contribution in [2.24, 2.45) is 0 Å². The fourth-order valence-electron chi connectivity index (χ4n) is 3.41. The number of ether oxygens (including phenoxy) is 1. The second kappa shape index (κ2) is 5.86. The summed E-state index contributed by atoms with van der Waals surface area (Å²) in [7, 11) is 0. The number of nitrogens with one attached hydrogen (secondary N) is 1. The van der Waals surface area contributed by atoms with Crippen LogP contribution in [0.5, 0.6) is 5.75 Å². The molecule has 0 unspecified atom stereocenters. The smallest absolute Gasteiger partial charge is 0.406 e. The van der Waals surface area contributed by atoms with E-state index in [9.17, 15) is 18.0 Å². The Morgan fingerprint density at radius 1 is 1.23 bits per heavy atom. The molecule has 0 spiro atoms. The van der Waals surface area contributed by atoms with Crippen LogP contribution in [0.1, 0.15) is 23.5 Å². The Hall–Kier alpha value is -2.84. The van der Waals surface area contributed by atoms with Gasteiger partial charge in [-0.15, -0.1) is 13.2 Å². The van der Waals surface area contributed by atoms with Gasteiger partial charge in [-0.2, -0.15) is 0 Å². The van der Waals surface area contributed by atoms with E-state index < -0.39 is 6.36 Å². The van der Waals surface area contributed by atoms with Gasteiger partial charge in [-0.25, -0.2) is 9.97 Å². The van der Waals surface area contributed by atoms with Crippen molar-refractivity contribution in [2.45, 2.75) is 32.5 Å². The van der Waals surface area contributed by atoms with E-state index in [1.54, 1.807) is 11.8 Å². The van der Waals surface area contributed by atoms with Crippen molar-refractivity contribution >= 4 is 23.1 Å². The van der Waals surface area contributed by atoms with Crippen LogP contribution in [-0.2, 0) is 17.6 Å². The molecule has 2 aromatic rings. The van der Waals surface area contributed by atoms with Crippen molar-refractivity contribution in [3.63, 3.8) is 0 Å². The Morgan fingerprint density at radius 2 is 2.04 bits per heavy atom. The van der Waals surface area contributed by atoms with Crippen molar-refractivity contribution in [2.75, 3.05) is 16.8 Å². The highest BCUT2D eigenvalue weighted by Gasteiger charge is 2.33. The summed E-state index contributed by atoms with van der Waals surface area (Å²) in [6.45, 7) is 1.82. The van der Waals surface area contributed by atoms with Crippen LogP contribution in [0.3, 0.4) is 0 Å². The van der Waals surface area contributed by atoms with E-state index in [0.29, 0.717) is 17.3 Å². The number of anilines is 3. The number of rotatable bonds is 2. The predicted octanol–water partition coefficient (Wildman–Crippen LogP) is 3.26. The van der Waals surface area contributed by atoms with Gasteiger partial charge in [0.15, 0.2) is 0 Å². The topological polar surface area (TPSA) is 67.4 Å². The molecule has 1 aliphatic carbocycles. The van der Waals surface area contributed by atoms with Crippen LogP contribution < -0.4 is 15.0 Å². The maximum atomic E-state index is 12.4. The van der Waals surface area contributed by atoms with E-state index in [1.807, 2.05) is 0 Å². The predicted molar refractivity (Wildman–Crippen MR) is 87.6 cm³/mol. The van der Waals surface area contributed by atoms with Gasteiger partial charge < -0.3 is 15.0 Å². The zero-order chi connectivity index (χ0) is 18.5. The number of nitrogens with zero attached hydrogens (tertiary/aromatic N) is 3. The Bertz CT molecular complexity index is 898. The number of amides is 1. The summed E-state index contributed by atoms with van der Waals surface area (Å²) in [5.41, 5.74) is 2.79. The van der Waals surface area contributed by atoms with Gasteiger partial charge in [0.2, 0.25) is 5.91 Å². The molecule has 26 heavy (non-hydrogen) atoms. The van der Waals surface area contributed by atoms with Gasteiger partial charge in [-0.3, -0.25) is 4.79 Å². The zero-order valence-electron chi connectivity index (χ0n) is 13.9. The second-order valence-electron chi connectivity index (χ2n) is 6.23. The number of fused-ring (bicyclic) bond motifs is 2. The third-order valence-corrected chi connectivity index (χ3v) is 4.35. The molecule has 6 nitrogen and oxygen atoms in total. The molecule has 1 aromatic carbocycles. The summed E-state index contributed by atoms with van der Waals surface area (Å²) < 4.78 is 41.3. The maximum absolute atomic E-state index is 12.4. The first-order valence-electron chi connectivity index (χ1n) is 8.14. The fourth-order valence-corrected chi connectivity index (χ4v) is 3.41. The number of hydrogen-bond donors (Lipinski definition) is 1. The lowest BCUT2D eigenvalue weighted by Crippen LogP contribution is -2.36. The van der Waals surface area contributed by atoms with Crippen molar-refractivity contribution < 1.29 is 22.7 Å². The molecule has 1 N–H and O–H groups in total. The lowest BCUT2D eigenvalue weighted by molar-refractivity contribution is -0.274. The molecule has 0 saturated carbocycles. The molecule has 9 heteroatoms. The molecule has 136 valence electrons. The minimum Gasteiger partial charge on any atom is -0.406 e. The lowest BCUT2D eigenvalue weighted by Gasteiger charge is -2.31. The Kier molecular flexibility index (Phi) is 3.74. The molecule has 0 bridgehead atoms. The zero-order valence-corrected chi connectivity index (χ0v) is 13.9. The normalized spacial score (nSPS) is 16.2. The Morgan fingerprint density at radius 3 is 2.81 bits per heavy atom. The molecule has 1 amide bonds. The largest absolute Gasteiger partial charge is 0.573 e. The quantitative estimate of drug-likeness (QED) is 0.886. The van der Waals surface area contributed by atoms with Gasteiger partial charge in [-0.05, 0) is 38.3 Å². The van der Waals surface area contributed by atoms with Crippen LogP contribution in [0.2, 0.25) is 0 Å². The third-order valence-electron chi connectivity index (χ3n) is 4.35. The molecule has 0 saturated heterocycles. The molecule has 1 aliphatic heterocycles. The first kappa shape index (κ1) is 16.6.